The van der Waals surface area contributed by atoms with Crippen LogP contribution in [-0.4, -0.2) is 53.6 Å². The number of benzene rings is 1. The van der Waals surface area contributed by atoms with E-state index in [9.17, 15) is 0 Å². The highest BCUT2D eigenvalue weighted by Crippen LogP contribution is 2.24. The summed E-state index contributed by atoms with van der Waals surface area (Å²) in [6, 6.07) is 14.9. The van der Waals surface area contributed by atoms with Gasteiger partial charge in [0.15, 0.2) is 0 Å². The third-order valence-electron chi connectivity index (χ3n) is 5.26. The van der Waals surface area contributed by atoms with Crippen molar-refractivity contribution in [3.8, 4) is 0 Å². The van der Waals surface area contributed by atoms with Crippen molar-refractivity contribution in [1.82, 2.24) is 19.9 Å². The minimum atomic E-state index is -0.0184. The summed E-state index contributed by atoms with van der Waals surface area (Å²) in [6.07, 6.45) is 4.71. The average Bonchev–Trinajstić information content (AvgIpc) is 2.75. The molecule has 1 aliphatic heterocycles. The SMILES string of the molecule is Cc1cc(Cc2ccccc2)cc(C2CN(Cc3cnc(N(C)C)nc3)CCO2)n1. The third-order valence-corrected chi connectivity index (χ3v) is 5.26. The zero-order valence-electron chi connectivity index (χ0n) is 18.0. The second-order valence-electron chi connectivity index (χ2n) is 8.08. The first-order chi connectivity index (χ1) is 14.6. The molecular weight excluding hydrogens is 374 g/mol. The summed E-state index contributed by atoms with van der Waals surface area (Å²) in [6.45, 7) is 5.29. The predicted molar refractivity (Wildman–Crippen MR) is 119 cm³/mol. The maximum absolute atomic E-state index is 6.10. The van der Waals surface area contributed by atoms with Gasteiger partial charge in [0.2, 0.25) is 5.95 Å². The van der Waals surface area contributed by atoms with E-state index in [4.69, 9.17) is 9.72 Å². The minimum absolute atomic E-state index is 0.0184. The van der Waals surface area contributed by atoms with Gasteiger partial charge in [-0.25, -0.2) is 9.97 Å². The van der Waals surface area contributed by atoms with Crippen LogP contribution in [0.5, 0.6) is 0 Å². The summed E-state index contributed by atoms with van der Waals surface area (Å²) in [5.41, 5.74) is 5.75. The van der Waals surface area contributed by atoms with E-state index < -0.39 is 0 Å². The number of anilines is 1. The van der Waals surface area contributed by atoms with Gasteiger partial charge in [0.1, 0.15) is 6.10 Å². The molecule has 0 radical (unpaired) electrons. The van der Waals surface area contributed by atoms with Crippen LogP contribution in [0.25, 0.3) is 0 Å². The molecule has 156 valence electrons. The highest BCUT2D eigenvalue weighted by atomic mass is 16.5. The molecule has 30 heavy (non-hydrogen) atoms. The Hall–Kier alpha value is -2.83. The Kier molecular flexibility index (Phi) is 6.35. The van der Waals surface area contributed by atoms with Gasteiger partial charge in [-0.2, -0.15) is 0 Å². The molecule has 0 saturated carbocycles. The molecule has 0 N–H and O–H groups in total. The maximum Gasteiger partial charge on any atom is 0.224 e. The van der Waals surface area contributed by atoms with Gasteiger partial charge in [-0.1, -0.05) is 30.3 Å². The number of rotatable bonds is 6. The van der Waals surface area contributed by atoms with Gasteiger partial charge in [-0.05, 0) is 36.6 Å². The van der Waals surface area contributed by atoms with Crippen LogP contribution in [0.1, 0.15) is 34.2 Å². The van der Waals surface area contributed by atoms with Gasteiger partial charge < -0.3 is 9.64 Å². The molecule has 0 amide bonds. The van der Waals surface area contributed by atoms with Crippen LogP contribution < -0.4 is 4.90 Å². The lowest BCUT2D eigenvalue weighted by atomic mass is 10.0. The van der Waals surface area contributed by atoms with Crippen molar-refractivity contribution in [3.63, 3.8) is 0 Å². The average molecular weight is 404 g/mol. The molecule has 1 saturated heterocycles. The summed E-state index contributed by atoms with van der Waals surface area (Å²) in [5.74, 6) is 0.730. The molecule has 1 aromatic carbocycles. The Morgan fingerprint density at radius 2 is 1.80 bits per heavy atom. The van der Waals surface area contributed by atoms with E-state index in [1.807, 2.05) is 31.4 Å². The summed E-state index contributed by atoms with van der Waals surface area (Å²) in [4.78, 5) is 17.9. The number of nitrogens with zero attached hydrogens (tertiary/aromatic N) is 5. The molecule has 6 heteroatoms. The number of pyridine rings is 1. The van der Waals surface area contributed by atoms with Crippen LogP contribution in [0.2, 0.25) is 0 Å². The molecule has 1 aliphatic rings. The third kappa shape index (κ3) is 5.20. The first-order valence-corrected chi connectivity index (χ1v) is 10.4. The number of aryl methyl sites for hydroxylation is 1. The lowest BCUT2D eigenvalue weighted by molar-refractivity contribution is -0.0351. The fraction of sp³-hybridized carbons (Fsp3) is 0.375. The molecule has 3 heterocycles. The Morgan fingerprint density at radius 3 is 2.53 bits per heavy atom. The number of morpholine rings is 1. The predicted octanol–water partition coefficient (Wildman–Crippen LogP) is 3.41. The van der Waals surface area contributed by atoms with Crippen molar-refractivity contribution < 1.29 is 4.74 Å². The Labute approximate surface area is 178 Å². The molecule has 1 fully saturated rings. The second kappa shape index (κ2) is 9.32. The van der Waals surface area contributed by atoms with Crippen LogP contribution in [0.3, 0.4) is 0 Å². The van der Waals surface area contributed by atoms with Crippen molar-refractivity contribution in [2.75, 3.05) is 38.7 Å². The van der Waals surface area contributed by atoms with Crippen LogP contribution in [0.4, 0.5) is 5.95 Å². The molecular formula is C24H29N5O. The van der Waals surface area contributed by atoms with Gasteiger partial charge in [0.05, 0.1) is 12.3 Å². The summed E-state index contributed by atoms with van der Waals surface area (Å²) in [7, 11) is 3.89. The lowest BCUT2D eigenvalue weighted by Crippen LogP contribution is -2.38. The molecule has 1 atom stereocenters. The second-order valence-corrected chi connectivity index (χ2v) is 8.08. The summed E-state index contributed by atoms with van der Waals surface area (Å²) < 4.78 is 6.10. The summed E-state index contributed by atoms with van der Waals surface area (Å²) in [5, 5.41) is 0. The standard InChI is InChI=1S/C24H29N5O/c1-18-11-20(12-19-7-5-4-6-8-19)13-22(27-18)23-17-29(9-10-30-23)16-21-14-25-24(26-15-21)28(2)3/h4-8,11,13-15,23H,9-10,12,16-17H2,1-3H3. The van der Waals surface area contributed by atoms with E-state index in [1.165, 1.54) is 11.1 Å². The van der Waals surface area contributed by atoms with Crippen molar-refractivity contribution in [2.45, 2.75) is 26.0 Å². The molecule has 0 spiro atoms. The fourth-order valence-corrected chi connectivity index (χ4v) is 3.81. The van der Waals surface area contributed by atoms with Crippen molar-refractivity contribution in [3.05, 3.63) is 82.9 Å². The smallest absolute Gasteiger partial charge is 0.224 e. The normalized spacial score (nSPS) is 17.1. The first kappa shape index (κ1) is 20.4. The van der Waals surface area contributed by atoms with Crippen LogP contribution in [-0.2, 0) is 17.7 Å². The maximum atomic E-state index is 6.10. The highest BCUT2D eigenvalue weighted by molar-refractivity contribution is 5.30. The molecule has 6 nitrogen and oxygen atoms in total. The Morgan fingerprint density at radius 1 is 1.03 bits per heavy atom. The molecule has 4 rings (SSSR count). The fourth-order valence-electron chi connectivity index (χ4n) is 3.81. The van der Waals surface area contributed by atoms with Gasteiger partial charge in [-0.3, -0.25) is 9.88 Å². The molecule has 0 bridgehead atoms. The van der Waals surface area contributed by atoms with E-state index in [-0.39, 0.29) is 6.10 Å². The van der Waals surface area contributed by atoms with Gasteiger partial charge in [0, 0.05) is 57.4 Å². The first-order valence-electron chi connectivity index (χ1n) is 10.4. The molecule has 3 aromatic rings. The zero-order chi connectivity index (χ0) is 20.9. The molecule has 1 unspecified atom stereocenters. The van der Waals surface area contributed by atoms with Crippen LogP contribution >= 0.6 is 0 Å². The van der Waals surface area contributed by atoms with Gasteiger partial charge >= 0.3 is 0 Å². The molecule has 2 aromatic heterocycles. The van der Waals surface area contributed by atoms with Crippen molar-refractivity contribution >= 4 is 5.95 Å². The number of aromatic nitrogens is 3. The van der Waals surface area contributed by atoms with Crippen LogP contribution in [0.15, 0.2) is 54.9 Å². The topological polar surface area (TPSA) is 54.4 Å². The minimum Gasteiger partial charge on any atom is -0.369 e. The number of ether oxygens (including phenoxy) is 1. The number of hydrogen-bond acceptors (Lipinski definition) is 6. The quantitative estimate of drug-likeness (QED) is 0.629. The highest BCUT2D eigenvalue weighted by Gasteiger charge is 2.24. The number of hydrogen-bond donors (Lipinski definition) is 0. The van der Waals surface area contributed by atoms with Gasteiger partial charge in [-0.15, -0.1) is 0 Å². The van der Waals surface area contributed by atoms with E-state index >= 15 is 0 Å². The summed E-state index contributed by atoms with van der Waals surface area (Å²) >= 11 is 0. The van der Waals surface area contributed by atoms with E-state index in [1.54, 1.807) is 0 Å². The van der Waals surface area contributed by atoms with Gasteiger partial charge in [0.25, 0.3) is 0 Å². The van der Waals surface area contributed by atoms with E-state index in [2.05, 4.69) is 64.3 Å². The Bertz CT molecular complexity index is 959. The van der Waals surface area contributed by atoms with Crippen molar-refractivity contribution in [1.29, 1.82) is 0 Å². The largest absolute Gasteiger partial charge is 0.369 e. The van der Waals surface area contributed by atoms with E-state index in [0.717, 1.165) is 49.0 Å². The van der Waals surface area contributed by atoms with E-state index in [0.29, 0.717) is 6.61 Å². The van der Waals surface area contributed by atoms with Crippen molar-refractivity contribution in [2.24, 2.45) is 0 Å². The van der Waals surface area contributed by atoms with Crippen LogP contribution in [0, 0.1) is 6.92 Å². The zero-order valence-corrected chi connectivity index (χ0v) is 18.0. The molecule has 0 aliphatic carbocycles. The lowest BCUT2D eigenvalue weighted by Gasteiger charge is -2.32. The monoisotopic (exact) mass is 403 g/mol. The Balaban J connectivity index is 1.45.